The summed E-state index contributed by atoms with van der Waals surface area (Å²) in [5.74, 6) is -0.380. The summed E-state index contributed by atoms with van der Waals surface area (Å²) in [5.41, 5.74) is 1.56. The Morgan fingerprint density at radius 2 is 2.08 bits per heavy atom. The Kier molecular flexibility index (Phi) is 4.60. The Hall–Kier alpha value is -2.09. The maximum absolute atomic E-state index is 14.3. The van der Waals surface area contributed by atoms with Crippen LogP contribution >= 0.6 is 11.6 Å². The second-order valence-electron chi connectivity index (χ2n) is 6.69. The molecule has 3 atom stereocenters. The lowest BCUT2D eigenvalue weighted by molar-refractivity contribution is -0.0447. The standard InChI is InChI=1S/C18H18ClFN4O2/c19-10-5-11-12(7-22-17(11)21-6-10)18-23-8-13(20)14(24-18)4-9-2-1-3-15(25)16(9)26/h5-9,15-16,25-26H,1-4H2,(H,21,22)/t9-,15+,16+/m1/s1. The summed E-state index contributed by atoms with van der Waals surface area (Å²) in [5, 5.41) is 21.3. The van der Waals surface area contributed by atoms with E-state index in [1.54, 1.807) is 12.3 Å². The van der Waals surface area contributed by atoms with Crippen molar-refractivity contribution in [2.45, 2.75) is 37.9 Å². The van der Waals surface area contributed by atoms with E-state index in [0.717, 1.165) is 24.4 Å². The lowest BCUT2D eigenvalue weighted by Crippen LogP contribution is -2.38. The highest BCUT2D eigenvalue weighted by Crippen LogP contribution is 2.30. The van der Waals surface area contributed by atoms with E-state index < -0.39 is 18.0 Å². The number of nitrogens with zero attached hydrogens (tertiary/aromatic N) is 3. The number of pyridine rings is 1. The molecule has 3 aromatic heterocycles. The fourth-order valence-corrected chi connectivity index (χ4v) is 3.71. The van der Waals surface area contributed by atoms with Crippen LogP contribution in [0.3, 0.4) is 0 Å². The number of rotatable bonds is 3. The molecule has 0 bridgehead atoms. The molecule has 0 radical (unpaired) electrons. The molecule has 8 heteroatoms. The summed E-state index contributed by atoms with van der Waals surface area (Å²) in [6.07, 6.45) is 5.11. The van der Waals surface area contributed by atoms with Crippen LogP contribution in [0.2, 0.25) is 5.02 Å². The van der Waals surface area contributed by atoms with Crippen LogP contribution in [0.1, 0.15) is 25.0 Å². The molecule has 0 amide bonds. The molecule has 0 spiro atoms. The Bertz CT molecular complexity index is 948. The SMILES string of the molecule is O[C@H]1[C@@H](Cc2nc(-c3c[nH]c4ncc(Cl)cc34)ncc2F)CCC[C@@H]1O. The summed E-state index contributed by atoms with van der Waals surface area (Å²) in [6, 6.07) is 1.75. The van der Waals surface area contributed by atoms with Crippen molar-refractivity contribution in [3.63, 3.8) is 0 Å². The van der Waals surface area contributed by atoms with Gasteiger partial charge in [0.25, 0.3) is 0 Å². The number of nitrogens with one attached hydrogen (secondary N) is 1. The number of hydrogen-bond donors (Lipinski definition) is 3. The zero-order valence-corrected chi connectivity index (χ0v) is 14.6. The zero-order chi connectivity index (χ0) is 18.3. The minimum Gasteiger partial charge on any atom is -0.390 e. The quantitative estimate of drug-likeness (QED) is 0.653. The Morgan fingerprint density at radius 3 is 2.92 bits per heavy atom. The topological polar surface area (TPSA) is 94.9 Å². The number of aliphatic hydroxyl groups is 2. The first-order valence-corrected chi connectivity index (χ1v) is 8.91. The zero-order valence-electron chi connectivity index (χ0n) is 13.9. The van der Waals surface area contributed by atoms with E-state index in [0.29, 0.717) is 28.5 Å². The average molecular weight is 377 g/mol. The molecule has 0 aliphatic heterocycles. The van der Waals surface area contributed by atoms with E-state index in [-0.39, 0.29) is 18.0 Å². The third-order valence-electron chi connectivity index (χ3n) is 4.96. The lowest BCUT2D eigenvalue weighted by Gasteiger charge is -2.31. The summed E-state index contributed by atoms with van der Waals surface area (Å²) in [6.45, 7) is 0. The Balaban J connectivity index is 1.68. The summed E-state index contributed by atoms with van der Waals surface area (Å²) in [7, 11) is 0. The minimum absolute atomic E-state index is 0.227. The lowest BCUT2D eigenvalue weighted by atomic mass is 9.82. The minimum atomic E-state index is -0.863. The monoisotopic (exact) mass is 376 g/mol. The van der Waals surface area contributed by atoms with Gasteiger partial charge in [-0.05, 0) is 31.2 Å². The van der Waals surface area contributed by atoms with Crippen LogP contribution < -0.4 is 0 Å². The third kappa shape index (κ3) is 3.18. The van der Waals surface area contributed by atoms with Crippen LogP contribution in [0.15, 0.2) is 24.7 Å². The molecule has 1 aliphatic carbocycles. The van der Waals surface area contributed by atoms with Crippen LogP contribution in [0.4, 0.5) is 4.39 Å². The third-order valence-corrected chi connectivity index (χ3v) is 5.17. The van der Waals surface area contributed by atoms with Crippen molar-refractivity contribution in [2.24, 2.45) is 5.92 Å². The summed E-state index contributed by atoms with van der Waals surface area (Å²) >= 11 is 6.02. The maximum atomic E-state index is 14.3. The van der Waals surface area contributed by atoms with Crippen LogP contribution in [-0.4, -0.2) is 42.4 Å². The highest BCUT2D eigenvalue weighted by atomic mass is 35.5. The molecule has 3 aromatic rings. The molecule has 0 unspecified atom stereocenters. The number of hydrogen-bond acceptors (Lipinski definition) is 5. The number of aromatic nitrogens is 4. The molecule has 3 N–H and O–H groups in total. The first-order valence-electron chi connectivity index (χ1n) is 8.53. The van der Waals surface area contributed by atoms with Gasteiger partial charge in [-0.3, -0.25) is 0 Å². The Morgan fingerprint density at radius 1 is 1.23 bits per heavy atom. The van der Waals surface area contributed by atoms with Crippen molar-refractivity contribution < 1.29 is 14.6 Å². The number of aromatic amines is 1. The van der Waals surface area contributed by atoms with Crippen LogP contribution in [0.5, 0.6) is 0 Å². The van der Waals surface area contributed by atoms with Crippen molar-refractivity contribution in [1.82, 2.24) is 19.9 Å². The van der Waals surface area contributed by atoms with Crippen molar-refractivity contribution >= 4 is 22.6 Å². The molecule has 1 saturated carbocycles. The normalized spacial score (nSPS) is 23.5. The largest absolute Gasteiger partial charge is 0.390 e. The highest BCUT2D eigenvalue weighted by Gasteiger charge is 2.31. The molecule has 0 aromatic carbocycles. The molecule has 0 saturated heterocycles. The Labute approximate surface area is 154 Å². The first kappa shape index (κ1) is 17.3. The van der Waals surface area contributed by atoms with Gasteiger partial charge in [-0.15, -0.1) is 0 Å². The van der Waals surface area contributed by atoms with E-state index in [2.05, 4.69) is 19.9 Å². The van der Waals surface area contributed by atoms with E-state index in [4.69, 9.17) is 11.6 Å². The van der Waals surface area contributed by atoms with Crippen molar-refractivity contribution in [3.8, 4) is 11.4 Å². The molecule has 1 fully saturated rings. The number of aliphatic hydroxyl groups excluding tert-OH is 2. The van der Waals surface area contributed by atoms with Gasteiger partial charge >= 0.3 is 0 Å². The summed E-state index contributed by atoms with van der Waals surface area (Å²) in [4.78, 5) is 15.7. The molecule has 136 valence electrons. The van der Waals surface area contributed by atoms with Crippen LogP contribution in [-0.2, 0) is 6.42 Å². The molecule has 26 heavy (non-hydrogen) atoms. The predicted octanol–water partition coefficient (Wildman–Crippen LogP) is 2.88. The molecule has 4 rings (SSSR count). The van der Waals surface area contributed by atoms with Gasteiger partial charge in [-0.25, -0.2) is 19.3 Å². The predicted molar refractivity (Wildman–Crippen MR) is 95.1 cm³/mol. The molecule has 6 nitrogen and oxygen atoms in total. The maximum Gasteiger partial charge on any atom is 0.163 e. The molecule has 1 aliphatic rings. The van der Waals surface area contributed by atoms with Gasteiger partial charge in [0.1, 0.15) is 5.65 Å². The highest BCUT2D eigenvalue weighted by molar-refractivity contribution is 6.31. The van der Waals surface area contributed by atoms with E-state index >= 15 is 0 Å². The van der Waals surface area contributed by atoms with Crippen LogP contribution in [0.25, 0.3) is 22.4 Å². The van der Waals surface area contributed by atoms with Gasteiger partial charge in [0.15, 0.2) is 11.6 Å². The second kappa shape index (κ2) is 6.90. The van der Waals surface area contributed by atoms with E-state index in [1.807, 2.05) is 0 Å². The van der Waals surface area contributed by atoms with E-state index in [1.165, 1.54) is 6.20 Å². The van der Waals surface area contributed by atoms with Gasteiger partial charge in [0.2, 0.25) is 0 Å². The molecular formula is C18H18ClFN4O2. The van der Waals surface area contributed by atoms with Crippen molar-refractivity contribution in [2.75, 3.05) is 0 Å². The van der Waals surface area contributed by atoms with Gasteiger partial charge in [0, 0.05) is 23.3 Å². The average Bonchev–Trinajstić information content (AvgIpc) is 3.04. The van der Waals surface area contributed by atoms with Gasteiger partial charge in [-0.1, -0.05) is 18.0 Å². The van der Waals surface area contributed by atoms with E-state index in [9.17, 15) is 14.6 Å². The van der Waals surface area contributed by atoms with Crippen molar-refractivity contribution in [3.05, 3.63) is 41.2 Å². The molecule has 3 heterocycles. The van der Waals surface area contributed by atoms with Gasteiger partial charge in [-0.2, -0.15) is 0 Å². The van der Waals surface area contributed by atoms with Gasteiger partial charge in [0.05, 0.1) is 29.1 Å². The number of halogens is 2. The smallest absolute Gasteiger partial charge is 0.163 e. The van der Waals surface area contributed by atoms with Crippen LogP contribution in [0, 0.1) is 11.7 Å². The number of fused-ring (bicyclic) bond motifs is 1. The van der Waals surface area contributed by atoms with Crippen molar-refractivity contribution in [1.29, 1.82) is 0 Å². The first-order chi connectivity index (χ1) is 12.5. The fraction of sp³-hybridized carbons (Fsp3) is 0.389. The number of H-pyrrole nitrogens is 1. The molecular weight excluding hydrogens is 359 g/mol. The van der Waals surface area contributed by atoms with Gasteiger partial charge < -0.3 is 15.2 Å². The summed E-state index contributed by atoms with van der Waals surface area (Å²) < 4.78 is 14.3. The fourth-order valence-electron chi connectivity index (χ4n) is 3.55. The second-order valence-corrected chi connectivity index (χ2v) is 7.13.